The number of methoxy groups -OCH3 is 1. The van der Waals surface area contributed by atoms with Gasteiger partial charge in [0.2, 0.25) is 17.9 Å². The smallest absolute Gasteiger partial charge is 0.408 e. The first-order chi connectivity index (χ1) is 19.0. The molecule has 11 heteroatoms. The number of aromatic amines is 1. The number of nitrogens with one attached hydrogen (secondary N) is 4. The van der Waals surface area contributed by atoms with Gasteiger partial charge in [0, 0.05) is 41.7 Å². The third-order valence-corrected chi connectivity index (χ3v) is 6.87. The van der Waals surface area contributed by atoms with E-state index in [2.05, 4.69) is 20.9 Å². The Bertz CT molecular complexity index is 1260. The Morgan fingerprint density at radius 1 is 1.18 bits per heavy atom. The van der Waals surface area contributed by atoms with Gasteiger partial charge in [0.15, 0.2) is 5.78 Å². The second-order valence-electron chi connectivity index (χ2n) is 10.9. The first-order valence-electron chi connectivity index (χ1n) is 13.7. The van der Waals surface area contributed by atoms with Crippen molar-refractivity contribution >= 4 is 34.6 Å². The van der Waals surface area contributed by atoms with E-state index in [4.69, 9.17) is 9.47 Å². The zero-order valence-corrected chi connectivity index (χ0v) is 23.7. The summed E-state index contributed by atoms with van der Waals surface area (Å²) in [5, 5.41) is 18.8. The van der Waals surface area contributed by atoms with Gasteiger partial charge in [-0.15, -0.1) is 0 Å². The number of H-pyrrole nitrogens is 1. The van der Waals surface area contributed by atoms with Crippen molar-refractivity contribution in [3.05, 3.63) is 30.0 Å². The highest BCUT2D eigenvalue weighted by Crippen LogP contribution is 2.28. The summed E-state index contributed by atoms with van der Waals surface area (Å²) in [5.41, 5.74) is 1.11. The molecule has 0 saturated carbocycles. The molecule has 3 rings (SSSR count). The number of fused-ring (bicyclic) bond motifs is 1. The number of rotatable bonds is 13. The molecule has 2 aromatic rings. The number of carbonyl (C=O) groups is 4. The molecule has 0 bridgehead atoms. The van der Waals surface area contributed by atoms with Crippen LogP contribution in [0.2, 0.25) is 0 Å². The van der Waals surface area contributed by atoms with Crippen LogP contribution in [0, 0.1) is 29.1 Å². The predicted molar refractivity (Wildman–Crippen MR) is 149 cm³/mol. The largest absolute Gasteiger partial charge is 0.496 e. The van der Waals surface area contributed by atoms with Crippen molar-refractivity contribution in [3.8, 4) is 11.8 Å². The molecule has 0 radical (unpaired) electrons. The van der Waals surface area contributed by atoms with Crippen LogP contribution in [0.3, 0.4) is 0 Å². The molecular weight excluding hydrogens is 514 g/mol. The van der Waals surface area contributed by atoms with E-state index in [1.807, 2.05) is 32.0 Å². The number of ketones is 1. The normalized spacial score (nSPS) is 17.1. The first kappa shape index (κ1) is 30.5. The molecule has 4 unspecified atom stereocenters. The lowest BCUT2D eigenvalue weighted by atomic mass is 9.89. The van der Waals surface area contributed by atoms with Crippen LogP contribution in [-0.2, 0) is 14.3 Å². The number of hydrogen-bond acceptors (Lipinski definition) is 7. The number of hydrogen-bond donors (Lipinski definition) is 4. The average molecular weight is 554 g/mol. The number of carbonyl (C=O) groups excluding carboxylic acids is 4. The molecule has 1 aliphatic heterocycles. The molecule has 4 atom stereocenters. The van der Waals surface area contributed by atoms with Gasteiger partial charge in [-0.2, -0.15) is 5.26 Å². The Morgan fingerprint density at radius 2 is 1.93 bits per heavy atom. The van der Waals surface area contributed by atoms with E-state index < -0.39 is 36.0 Å². The minimum Gasteiger partial charge on any atom is -0.496 e. The van der Waals surface area contributed by atoms with E-state index in [0.29, 0.717) is 30.8 Å². The van der Waals surface area contributed by atoms with Crippen molar-refractivity contribution in [1.29, 1.82) is 5.26 Å². The fraction of sp³-hybridized carbons (Fsp3) is 0.552. The van der Waals surface area contributed by atoms with Gasteiger partial charge in [-0.3, -0.25) is 14.4 Å². The van der Waals surface area contributed by atoms with Gasteiger partial charge in [-0.25, -0.2) is 4.79 Å². The van der Waals surface area contributed by atoms with Crippen LogP contribution in [0.5, 0.6) is 5.75 Å². The van der Waals surface area contributed by atoms with Gasteiger partial charge in [0.05, 0.1) is 18.8 Å². The number of amides is 3. The van der Waals surface area contributed by atoms with Crippen molar-refractivity contribution in [1.82, 2.24) is 20.9 Å². The number of ether oxygens (including phenoxy) is 2. The zero-order valence-electron chi connectivity index (χ0n) is 23.7. The zero-order chi connectivity index (χ0) is 29.4. The maximum atomic E-state index is 13.6. The molecule has 1 aliphatic rings. The Labute approximate surface area is 234 Å². The van der Waals surface area contributed by atoms with Crippen LogP contribution in [0.4, 0.5) is 4.79 Å². The molecule has 1 saturated heterocycles. The van der Waals surface area contributed by atoms with Gasteiger partial charge < -0.3 is 30.4 Å². The van der Waals surface area contributed by atoms with E-state index in [1.54, 1.807) is 33.1 Å². The predicted octanol–water partition coefficient (Wildman–Crippen LogP) is 3.45. The van der Waals surface area contributed by atoms with Gasteiger partial charge in [0.25, 0.3) is 0 Å². The summed E-state index contributed by atoms with van der Waals surface area (Å²) >= 11 is 0. The van der Waals surface area contributed by atoms with E-state index in [9.17, 15) is 24.4 Å². The molecule has 0 spiro atoms. The van der Waals surface area contributed by atoms with Crippen molar-refractivity contribution in [3.63, 3.8) is 0 Å². The van der Waals surface area contributed by atoms with Crippen LogP contribution in [-0.4, -0.2) is 60.5 Å². The SMILES string of the molecule is COc1cccc2[nH]c(C(=O)CC(CC(C)C)C(=O)NC(CC3CCNC3=O)C(C#N)OC(=O)NC(C)C)cc12. The highest BCUT2D eigenvalue weighted by atomic mass is 16.6. The van der Waals surface area contributed by atoms with Crippen LogP contribution in [0.25, 0.3) is 10.9 Å². The number of Topliss-reactive ketones (excluding diaryl/α,β-unsaturated/α-hetero) is 1. The average Bonchev–Trinajstić information content (AvgIpc) is 3.51. The molecule has 216 valence electrons. The fourth-order valence-electron chi connectivity index (χ4n) is 4.96. The van der Waals surface area contributed by atoms with E-state index >= 15 is 0 Å². The summed E-state index contributed by atoms with van der Waals surface area (Å²) in [5.74, 6) is -1.26. The topological polar surface area (TPSA) is 162 Å². The summed E-state index contributed by atoms with van der Waals surface area (Å²) in [4.78, 5) is 54.6. The van der Waals surface area contributed by atoms with Gasteiger partial charge in [-0.1, -0.05) is 19.9 Å². The van der Waals surface area contributed by atoms with Crippen molar-refractivity contribution < 1.29 is 28.7 Å². The molecule has 40 heavy (non-hydrogen) atoms. The molecular formula is C29H39N5O6. The lowest BCUT2D eigenvalue weighted by Gasteiger charge is -2.27. The van der Waals surface area contributed by atoms with Gasteiger partial charge in [0.1, 0.15) is 11.8 Å². The monoisotopic (exact) mass is 553 g/mol. The van der Waals surface area contributed by atoms with Gasteiger partial charge >= 0.3 is 6.09 Å². The Kier molecular flexibility index (Phi) is 10.5. The molecule has 1 aromatic heterocycles. The molecule has 4 N–H and O–H groups in total. The third-order valence-electron chi connectivity index (χ3n) is 6.87. The van der Waals surface area contributed by atoms with Crippen molar-refractivity contribution in [2.75, 3.05) is 13.7 Å². The van der Waals surface area contributed by atoms with E-state index in [1.165, 1.54) is 0 Å². The molecule has 1 aromatic carbocycles. The maximum absolute atomic E-state index is 13.6. The minimum atomic E-state index is -1.33. The quantitative estimate of drug-likeness (QED) is 0.276. The molecule has 0 aliphatic carbocycles. The molecule has 3 amide bonds. The van der Waals surface area contributed by atoms with Crippen molar-refractivity contribution in [2.45, 2.75) is 71.6 Å². The Hall–Kier alpha value is -4.07. The summed E-state index contributed by atoms with van der Waals surface area (Å²) in [7, 11) is 1.56. The Morgan fingerprint density at radius 3 is 2.52 bits per heavy atom. The number of alkyl carbamates (subject to hydrolysis) is 1. The fourth-order valence-corrected chi connectivity index (χ4v) is 4.96. The Balaban J connectivity index is 1.81. The van der Waals surface area contributed by atoms with E-state index in [-0.39, 0.29) is 36.5 Å². The van der Waals surface area contributed by atoms with Crippen LogP contribution in [0.15, 0.2) is 24.3 Å². The number of nitriles is 1. The summed E-state index contributed by atoms with van der Waals surface area (Å²) < 4.78 is 10.7. The summed E-state index contributed by atoms with van der Waals surface area (Å²) in [6.45, 7) is 7.91. The van der Waals surface area contributed by atoms with Crippen LogP contribution < -0.4 is 20.7 Å². The lowest BCUT2D eigenvalue weighted by molar-refractivity contribution is -0.128. The first-order valence-corrected chi connectivity index (χ1v) is 13.7. The van der Waals surface area contributed by atoms with Crippen LogP contribution >= 0.6 is 0 Å². The molecule has 2 heterocycles. The summed E-state index contributed by atoms with van der Waals surface area (Å²) in [6.07, 6.45) is -1.10. The molecule has 11 nitrogen and oxygen atoms in total. The van der Waals surface area contributed by atoms with E-state index in [0.717, 1.165) is 10.9 Å². The highest BCUT2D eigenvalue weighted by Gasteiger charge is 2.36. The number of nitrogens with zero attached hydrogens (tertiary/aromatic N) is 1. The second kappa shape index (κ2) is 13.8. The number of benzene rings is 1. The van der Waals surface area contributed by atoms with Crippen molar-refractivity contribution in [2.24, 2.45) is 17.8 Å². The lowest BCUT2D eigenvalue weighted by Crippen LogP contribution is -2.49. The second-order valence-corrected chi connectivity index (χ2v) is 10.9. The standard InChI is InChI=1S/C29H39N5O6/c1-16(2)11-19(13-24(35)22-14-20-21(33-22)7-6-8-25(20)39-5)28(37)34-23(12-18-9-10-31-27(18)36)26(15-30)40-29(38)32-17(3)4/h6-8,14,16-19,23,26,33H,9-13H2,1-5H3,(H,31,36)(H,32,38)(H,34,37). The van der Waals surface area contributed by atoms with Crippen LogP contribution in [0.1, 0.15) is 63.9 Å². The summed E-state index contributed by atoms with van der Waals surface area (Å²) in [6, 6.07) is 7.99. The van der Waals surface area contributed by atoms with Gasteiger partial charge in [-0.05, 0) is 57.2 Å². The molecule has 1 fully saturated rings. The highest BCUT2D eigenvalue weighted by molar-refractivity contribution is 6.02. The third kappa shape index (κ3) is 7.97. The maximum Gasteiger partial charge on any atom is 0.408 e. The number of aromatic nitrogens is 1. The minimum absolute atomic E-state index is 0.0678.